The van der Waals surface area contributed by atoms with E-state index in [1.54, 1.807) is 0 Å². The summed E-state index contributed by atoms with van der Waals surface area (Å²) in [6.07, 6.45) is 6.42. The summed E-state index contributed by atoms with van der Waals surface area (Å²) in [7, 11) is 0. The van der Waals surface area contributed by atoms with Gasteiger partial charge in [-0.3, -0.25) is 0 Å². The number of nitrogens with zero attached hydrogens (tertiary/aromatic N) is 1. The number of fused-ring (bicyclic) bond motifs is 6. The Labute approximate surface area is 368 Å². The maximum Gasteiger partial charge on any atom is 0.143 e. The van der Waals surface area contributed by atoms with Gasteiger partial charge >= 0.3 is 0 Å². The van der Waals surface area contributed by atoms with Crippen LogP contribution < -0.4 is 4.90 Å². The molecule has 1 heterocycles. The molecule has 10 aromatic rings. The van der Waals surface area contributed by atoms with Gasteiger partial charge in [-0.15, -0.1) is 0 Å². The molecule has 0 saturated heterocycles. The Morgan fingerprint density at radius 1 is 0.413 bits per heavy atom. The summed E-state index contributed by atoms with van der Waals surface area (Å²) in [6, 6.07) is 82.1. The Balaban J connectivity index is 1.04. The lowest BCUT2D eigenvalue weighted by Crippen LogP contribution is -2.28. The average molecular weight is 806 g/mol. The zero-order valence-corrected chi connectivity index (χ0v) is 34.8. The lowest BCUT2D eigenvalue weighted by Gasteiger charge is -2.35. The monoisotopic (exact) mass is 805 g/mol. The number of rotatable bonds is 8. The van der Waals surface area contributed by atoms with Crippen molar-refractivity contribution in [2.75, 3.05) is 4.90 Å². The van der Waals surface area contributed by atoms with Gasteiger partial charge in [0.2, 0.25) is 0 Å². The predicted octanol–water partition coefficient (Wildman–Crippen LogP) is 16.2. The number of hydrogen-bond acceptors (Lipinski definition) is 2. The largest absolute Gasteiger partial charge is 0.460 e. The van der Waals surface area contributed by atoms with Crippen LogP contribution in [0.15, 0.2) is 235 Å². The minimum absolute atomic E-state index is 0.509. The Bertz CT molecular complexity index is 3250. The van der Waals surface area contributed by atoms with Crippen molar-refractivity contribution in [3.8, 4) is 44.5 Å². The van der Waals surface area contributed by atoms with Gasteiger partial charge in [-0.25, -0.2) is 0 Å². The minimum Gasteiger partial charge on any atom is -0.460 e. The second-order valence-corrected chi connectivity index (χ2v) is 16.7. The van der Waals surface area contributed by atoms with E-state index in [9.17, 15) is 0 Å². The first-order valence-corrected chi connectivity index (χ1v) is 22.0. The lowest BCUT2D eigenvalue weighted by molar-refractivity contribution is 0.547. The molecule has 0 spiro atoms. The van der Waals surface area contributed by atoms with Crippen LogP contribution in [0.1, 0.15) is 40.0 Å². The van der Waals surface area contributed by atoms with Gasteiger partial charge in [0.1, 0.15) is 11.3 Å². The Morgan fingerprint density at radius 2 is 0.937 bits per heavy atom. The molecule has 2 aliphatic carbocycles. The van der Waals surface area contributed by atoms with Gasteiger partial charge in [0.25, 0.3) is 0 Å². The topological polar surface area (TPSA) is 16.4 Å². The van der Waals surface area contributed by atoms with Gasteiger partial charge in [0, 0.05) is 40.0 Å². The first-order chi connectivity index (χ1) is 31.3. The molecule has 0 atom stereocenters. The normalized spacial score (nSPS) is 13.3. The molecule has 298 valence electrons. The van der Waals surface area contributed by atoms with E-state index in [1.165, 1.54) is 55.5 Å². The van der Waals surface area contributed by atoms with Crippen molar-refractivity contribution in [3.05, 3.63) is 264 Å². The molecule has 0 N–H and O–H groups in total. The molecule has 0 radical (unpaired) electrons. The number of aryl methyl sites for hydroxylation is 1. The highest BCUT2D eigenvalue weighted by Gasteiger charge is 2.46. The quantitative estimate of drug-likeness (QED) is 0.152. The minimum atomic E-state index is -0.509. The zero-order chi connectivity index (χ0) is 41.7. The van der Waals surface area contributed by atoms with Crippen molar-refractivity contribution in [3.63, 3.8) is 0 Å². The van der Waals surface area contributed by atoms with Crippen molar-refractivity contribution in [1.29, 1.82) is 0 Å². The molecular formula is C61H43NO. The van der Waals surface area contributed by atoms with E-state index in [2.05, 4.69) is 242 Å². The van der Waals surface area contributed by atoms with Crippen LogP contribution in [0.2, 0.25) is 0 Å². The fourth-order valence-electron chi connectivity index (χ4n) is 10.4. The second-order valence-electron chi connectivity index (χ2n) is 16.7. The van der Waals surface area contributed by atoms with Crippen molar-refractivity contribution >= 4 is 34.1 Å². The maximum atomic E-state index is 6.74. The zero-order valence-electron chi connectivity index (χ0n) is 34.8. The number of benzene rings is 9. The van der Waals surface area contributed by atoms with Crippen molar-refractivity contribution < 1.29 is 4.42 Å². The Kier molecular flexibility index (Phi) is 8.90. The highest BCUT2D eigenvalue weighted by Crippen LogP contribution is 2.57. The molecule has 9 aromatic carbocycles. The standard InChI is InChI=1S/C61H43NO/c1-5-17-42(18-6-1)43-29-33-48(34-30-43)62(49-35-31-44(32-36-49)51-39-40-55-54-26-14-16-28-58(54)63-60(55)59(51)45-19-7-2-8-20-45)50-37-38-53-52-25-13-15-27-56(52)61(57(53)41-50,46-21-9-3-10-22-46)47-23-11-4-12-24-47/h1-15,17-27,29-41H,16,28H2. The molecule has 0 saturated carbocycles. The molecule has 0 unspecified atom stereocenters. The summed E-state index contributed by atoms with van der Waals surface area (Å²) in [5.41, 5.74) is 19.5. The van der Waals surface area contributed by atoms with Crippen LogP contribution in [0.4, 0.5) is 17.1 Å². The van der Waals surface area contributed by atoms with Crippen molar-refractivity contribution in [1.82, 2.24) is 0 Å². The van der Waals surface area contributed by atoms with Gasteiger partial charge in [0.05, 0.1) is 5.41 Å². The first kappa shape index (κ1) is 36.9. The van der Waals surface area contributed by atoms with Crippen LogP contribution in [-0.2, 0) is 11.8 Å². The molecule has 0 aliphatic heterocycles. The molecule has 0 amide bonds. The second kappa shape index (κ2) is 15.2. The highest BCUT2D eigenvalue weighted by molar-refractivity contribution is 6.05. The summed E-state index contributed by atoms with van der Waals surface area (Å²) in [5, 5.41) is 1.17. The van der Waals surface area contributed by atoms with E-state index in [0.717, 1.165) is 63.5 Å². The van der Waals surface area contributed by atoms with E-state index < -0.39 is 5.41 Å². The number of allylic oxidation sites excluding steroid dienone is 1. The fraction of sp³-hybridized carbons (Fsp3) is 0.0492. The van der Waals surface area contributed by atoms with E-state index in [0.29, 0.717) is 0 Å². The summed E-state index contributed by atoms with van der Waals surface area (Å²) in [4.78, 5) is 2.41. The van der Waals surface area contributed by atoms with E-state index in [4.69, 9.17) is 4.42 Å². The lowest BCUT2D eigenvalue weighted by atomic mass is 9.67. The average Bonchev–Trinajstić information content (AvgIpc) is 3.89. The highest BCUT2D eigenvalue weighted by atomic mass is 16.3. The van der Waals surface area contributed by atoms with Gasteiger partial charge in [-0.05, 0) is 110 Å². The van der Waals surface area contributed by atoms with Crippen LogP contribution in [0.3, 0.4) is 0 Å². The van der Waals surface area contributed by atoms with Crippen LogP contribution in [-0.4, -0.2) is 0 Å². The maximum absolute atomic E-state index is 6.74. The number of furan rings is 1. The third-order valence-corrected chi connectivity index (χ3v) is 13.2. The number of anilines is 3. The van der Waals surface area contributed by atoms with Gasteiger partial charge < -0.3 is 9.32 Å². The first-order valence-electron chi connectivity index (χ1n) is 22.0. The van der Waals surface area contributed by atoms with Gasteiger partial charge in [-0.1, -0.05) is 194 Å². The molecule has 0 fully saturated rings. The van der Waals surface area contributed by atoms with Gasteiger partial charge in [0.15, 0.2) is 0 Å². The van der Waals surface area contributed by atoms with E-state index in [1.807, 2.05) is 0 Å². The predicted molar refractivity (Wildman–Crippen MR) is 262 cm³/mol. The molecule has 2 nitrogen and oxygen atoms in total. The van der Waals surface area contributed by atoms with Crippen molar-refractivity contribution in [2.45, 2.75) is 18.3 Å². The van der Waals surface area contributed by atoms with Crippen LogP contribution in [0, 0.1) is 0 Å². The van der Waals surface area contributed by atoms with E-state index >= 15 is 0 Å². The smallest absolute Gasteiger partial charge is 0.143 e. The summed E-state index contributed by atoms with van der Waals surface area (Å²) < 4.78 is 6.74. The molecule has 63 heavy (non-hydrogen) atoms. The van der Waals surface area contributed by atoms with Crippen molar-refractivity contribution in [2.24, 2.45) is 0 Å². The van der Waals surface area contributed by atoms with Crippen LogP contribution >= 0.6 is 0 Å². The van der Waals surface area contributed by atoms with Gasteiger partial charge in [-0.2, -0.15) is 0 Å². The van der Waals surface area contributed by atoms with Crippen LogP contribution in [0.5, 0.6) is 0 Å². The summed E-state index contributed by atoms with van der Waals surface area (Å²) >= 11 is 0. The van der Waals surface area contributed by atoms with Crippen LogP contribution in [0.25, 0.3) is 61.6 Å². The number of hydrogen-bond donors (Lipinski definition) is 0. The summed E-state index contributed by atoms with van der Waals surface area (Å²) in [6.45, 7) is 0. The van der Waals surface area contributed by atoms with E-state index in [-0.39, 0.29) is 0 Å². The third kappa shape index (κ3) is 6.02. The third-order valence-electron chi connectivity index (χ3n) is 13.2. The Hall–Kier alpha value is -7.94. The molecule has 1 aromatic heterocycles. The summed E-state index contributed by atoms with van der Waals surface area (Å²) in [5.74, 6) is 1.08. The Morgan fingerprint density at radius 3 is 1.60 bits per heavy atom. The molecular weight excluding hydrogens is 763 g/mol. The fourth-order valence-corrected chi connectivity index (χ4v) is 10.4. The molecule has 2 aliphatic rings. The SMILES string of the molecule is C1=Cc2c(oc3c(-c4ccccc4)c(-c4ccc(N(c5ccc(-c6ccccc6)cc5)c5ccc6c(c5)C(c5ccccc5)(c5ccccc5)c5ccccc5-6)cc4)ccc23)CC1. The molecule has 12 rings (SSSR count). The molecule has 2 heteroatoms. The molecule has 0 bridgehead atoms.